The molecule has 0 N–H and O–H groups in total. The van der Waals surface area contributed by atoms with Crippen molar-refractivity contribution < 1.29 is 9.53 Å². The van der Waals surface area contributed by atoms with Crippen LogP contribution in [0.4, 0.5) is 0 Å². The van der Waals surface area contributed by atoms with Crippen LogP contribution in [-0.4, -0.2) is 27.8 Å². The number of aromatic nitrogens is 3. The minimum atomic E-state index is -0.368. The lowest BCUT2D eigenvalue weighted by Gasteiger charge is -2.09. The maximum atomic E-state index is 11.9. The molecule has 0 radical (unpaired) electrons. The standard InChI is InChI=1S/C16H17N3O2S/c1-9(2)14-11(15(20)21-4)8-17-19(14)16-18-13-10(3)6-5-7-12(13)22-16/h5-9H,1-4H3. The fourth-order valence-corrected chi connectivity index (χ4v) is 3.51. The number of hydrogen-bond donors (Lipinski definition) is 0. The largest absolute Gasteiger partial charge is 0.465 e. The third-order valence-corrected chi connectivity index (χ3v) is 4.55. The highest BCUT2D eigenvalue weighted by atomic mass is 32.1. The number of para-hydroxylation sites is 1. The molecule has 1 aromatic carbocycles. The van der Waals surface area contributed by atoms with E-state index in [0.29, 0.717) is 5.56 Å². The highest BCUT2D eigenvalue weighted by Gasteiger charge is 2.23. The number of benzene rings is 1. The number of fused-ring (bicyclic) bond motifs is 1. The van der Waals surface area contributed by atoms with Gasteiger partial charge in [0.15, 0.2) is 0 Å². The summed E-state index contributed by atoms with van der Waals surface area (Å²) in [6.45, 7) is 6.09. The SMILES string of the molecule is COC(=O)c1cnn(-c2nc3c(C)cccc3s2)c1C(C)C. The first-order chi connectivity index (χ1) is 10.5. The zero-order valence-corrected chi connectivity index (χ0v) is 13.8. The maximum absolute atomic E-state index is 11.9. The summed E-state index contributed by atoms with van der Waals surface area (Å²) in [5, 5.41) is 5.13. The van der Waals surface area contributed by atoms with Crippen molar-refractivity contribution in [1.82, 2.24) is 14.8 Å². The number of esters is 1. The average Bonchev–Trinajstić information content (AvgIpc) is 3.10. The van der Waals surface area contributed by atoms with E-state index in [-0.39, 0.29) is 11.9 Å². The third-order valence-electron chi connectivity index (χ3n) is 3.55. The molecule has 6 heteroatoms. The van der Waals surface area contributed by atoms with Crippen LogP contribution >= 0.6 is 11.3 Å². The molecule has 0 aliphatic carbocycles. The number of carbonyl (C=O) groups is 1. The number of methoxy groups -OCH3 is 1. The summed E-state index contributed by atoms with van der Waals surface area (Å²) >= 11 is 1.57. The lowest BCUT2D eigenvalue weighted by atomic mass is 10.1. The van der Waals surface area contributed by atoms with Crippen LogP contribution in [0.2, 0.25) is 0 Å². The molecule has 22 heavy (non-hydrogen) atoms. The lowest BCUT2D eigenvalue weighted by molar-refractivity contribution is 0.0599. The zero-order valence-electron chi connectivity index (χ0n) is 13.0. The van der Waals surface area contributed by atoms with E-state index in [2.05, 4.69) is 5.10 Å². The molecule has 3 aromatic rings. The highest BCUT2D eigenvalue weighted by Crippen LogP contribution is 2.30. The predicted molar refractivity (Wildman–Crippen MR) is 86.9 cm³/mol. The van der Waals surface area contributed by atoms with Crippen molar-refractivity contribution in [3.8, 4) is 5.13 Å². The van der Waals surface area contributed by atoms with Crippen molar-refractivity contribution in [2.45, 2.75) is 26.7 Å². The number of rotatable bonds is 3. The first-order valence-corrected chi connectivity index (χ1v) is 7.87. The summed E-state index contributed by atoms with van der Waals surface area (Å²) in [5.41, 5.74) is 3.43. The number of ether oxygens (including phenoxy) is 1. The summed E-state index contributed by atoms with van der Waals surface area (Å²) in [5.74, 6) is -0.239. The Hall–Kier alpha value is -2.21. The summed E-state index contributed by atoms with van der Waals surface area (Å²) < 4.78 is 7.71. The summed E-state index contributed by atoms with van der Waals surface area (Å²) in [7, 11) is 1.38. The van der Waals surface area contributed by atoms with E-state index in [1.807, 2.05) is 39.0 Å². The first kappa shape index (κ1) is 14.7. The molecule has 0 spiro atoms. The van der Waals surface area contributed by atoms with Gasteiger partial charge in [-0.05, 0) is 24.5 Å². The van der Waals surface area contributed by atoms with Gasteiger partial charge in [0.05, 0.1) is 29.2 Å². The van der Waals surface area contributed by atoms with Crippen LogP contribution in [0.25, 0.3) is 15.3 Å². The normalized spacial score (nSPS) is 11.3. The third kappa shape index (κ3) is 2.29. The fourth-order valence-electron chi connectivity index (χ4n) is 2.50. The molecular weight excluding hydrogens is 298 g/mol. The summed E-state index contributed by atoms with van der Waals surface area (Å²) in [6, 6.07) is 6.10. The van der Waals surface area contributed by atoms with E-state index < -0.39 is 0 Å². The van der Waals surface area contributed by atoms with Gasteiger partial charge in [-0.1, -0.05) is 37.3 Å². The van der Waals surface area contributed by atoms with Gasteiger partial charge in [0.1, 0.15) is 5.56 Å². The van der Waals surface area contributed by atoms with Gasteiger partial charge in [-0.2, -0.15) is 5.10 Å². The molecule has 0 saturated carbocycles. The quantitative estimate of drug-likeness (QED) is 0.692. The molecule has 0 bridgehead atoms. The Balaban J connectivity index is 2.20. The van der Waals surface area contributed by atoms with E-state index in [9.17, 15) is 4.79 Å². The molecular formula is C16H17N3O2S. The Labute approximate surface area is 132 Å². The Morgan fingerprint density at radius 3 is 2.77 bits per heavy atom. The van der Waals surface area contributed by atoms with Crippen LogP contribution < -0.4 is 0 Å². The first-order valence-electron chi connectivity index (χ1n) is 7.05. The van der Waals surface area contributed by atoms with Gasteiger partial charge < -0.3 is 4.74 Å². The van der Waals surface area contributed by atoms with Crippen LogP contribution in [0.5, 0.6) is 0 Å². The van der Waals surface area contributed by atoms with Crippen LogP contribution in [0.15, 0.2) is 24.4 Å². The minimum absolute atomic E-state index is 0.129. The zero-order chi connectivity index (χ0) is 15.9. The number of nitrogens with zero attached hydrogens (tertiary/aromatic N) is 3. The predicted octanol–water partition coefficient (Wildman–Crippen LogP) is 3.70. The van der Waals surface area contributed by atoms with Crippen molar-refractivity contribution in [3.05, 3.63) is 41.2 Å². The molecule has 0 atom stereocenters. The Kier molecular flexibility index (Phi) is 3.70. The molecule has 0 fully saturated rings. The lowest BCUT2D eigenvalue weighted by Crippen LogP contribution is -2.09. The van der Waals surface area contributed by atoms with E-state index in [1.165, 1.54) is 7.11 Å². The molecule has 0 aliphatic rings. The second-order valence-corrected chi connectivity index (χ2v) is 6.43. The molecule has 0 aliphatic heterocycles. The average molecular weight is 315 g/mol. The van der Waals surface area contributed by atoms with Gasteiger partial charge in [-0.25, -0.2) is 14.5 Å². The second-order valence-electron chi connectivity index (χ2n) is 5.42. The maximum Gasteiger partial charge on any atom is 0.341 e. The van der Waals surface area contributed by atoms with Crippen LogP contribution in [0.3, 0.4) is 0 Å². The van der Waals surface area contributed by atoms with E-state index in [0.717, 1.165) is 26.6 Å². The van der Waals surface area contributed by atoms with E-state index >= 15 is 0 Å². The monoisotopic (exact) mass is 315 g/mol. The van der Waals surface area contributed by atoms with Crippen molar-refractivity contribution in [2.75, 3.05) is 7.11 Å². The van der Waals surface area contributed by atoms with E-state index in [4.69, 9.17) is 9.72 Å². The second kappa shape index (κ2) is 5.53. The smallest absolute Gasteiger partial charge is 0.341 e. The van der Waals surface area contributed by atoms with Crippen molar-refractivity contribution in [1.29, 1.82) is 0 Å². The van der Waals surface area contributed by atoms with Crippen LogP contribution in [-0.2, 0) is 4.74 Å². The molecule has 0 saturated heterocycles. The molecule has 2 heterocycles. The fraction of sp³-hybridized carbons (Fsp3) is 0.312. The van der Waals surface area contributed by atoms with Crippen molar-refractivity contribution in [2.24, 2.45) is 0 Å². The molecule has 0 amide bonds. The number of hydrogen-bond acceptors (Lipinski definition) is 5. The van der Waals surface area contributed by atoms with Crippen LogP contribution in [0.1, 0.15) is 41.4 Å². The van der Waals surface area contributed by atoms with Gasteiger partial charge in [0.25, 0.3) is 0 Å². The summed E-state index contributed by atoms with van der Waals surface area (Å²) in [4.78, 5) is 16.6. The van der Waals surface area contributed by atoms with Crippen LogP contribution in [0, 0.1) is 6.92 Å². The van der Waals surface area contributed by atoms with Gasteiger partial charge >= 0.3 is 5.97 Å². The highest BCUT2D eigenvalue weighted by molar-refractivity contribution is 7.20. The topological polar surface area (TPSA) is 57.0 Å². The molecule has 2 aromatic heterocycles. The van der Waals surface area contributed by atoms with Gasteiger partial charge in [0.2, 0.25) is 5.13 Å². The molecule has 114 valence electrons. The van der Waals surface area contributed by atoms with Gasteiger partial charge in [-0.3, -0.25) is 0 Å². The minimum Gasteiger partial charge on any atom is -0.465 e. The number of thiazole rings is 1. The number of aryl methyl sites for hydroxylation is 1. The van der Waals surface area contributed by atoms with Crippen molar-refractivity contribution >= 4 is 27.5 Å². The van der Waals surface area contributed by atoms with Gasteiger partial charge in [-0.15, -0.1) is 0 Å². The molecule has 5 nitrogen and oxygen atoms in total. The molecule has 3 rings (SSSR count). The number of carbonyl (C=O) groups excluding carboxylic acids is 1. The Morgan fingerprint density at radius 2 is 2.14 bits per heavy atom. The van der Waals surface area contributed by atoms with E-state index in [1.54, 1.807) is 22.2 Å². The van der Waals surface area contributed by atoms with Crippen molar-refractivity contribution in [3.63, 3.8) is 0 Å². The summed E-state index contributed by atoms with van der Waals surface area (Å²) in [6.07, 6.45) is 1.56. The van der Waals surface area contributed by atoms with Gasteiger partial charge in [0, 0.05) is 0 Å². The Morgan fingerprint density at radius 1 is 1.36 bits per heavy atom. The molecule has 0 unspecified atom stereocenters. The Bertz CT molecular complexity index is 848.